The number of fused-ring (bicyclic) bond motifs is 1. The van der Waals surface area contributed by atoms with E-state index >= 15 is 0 Å². The minimum atomic E-state index is -1.12. The van der Waals surface area contributed by atoms with Gasteiger partial charge in [0.15, 0.2) is 0 Å². The van der Waals surface area contributed by atoms with Gasteiger partial charge in [-0.1, -0.05) is 78.3 Å². The van der Waals surface area contributed by atoms with Gasteiger partial charge >= 0.3 is 0 Å². The van der Waals surface area contributed by atoms with Crippen molar-refractivity contribution in [2.75, 3.05) is 20.4 Å². The lowest BCUT2D eigenvalue weighted by molar-refractivity contribution is -0.146. The summed E-state index contributed by atoms with van der Waals surface area (Å²) in [7, 11) is 1.52. The summed E-state index contributed by atoms with van der Waals surface area (Å²) >= 11 is 0. The van der Waals surface area contributed by atoms with Crippen LogP contribution >= 0.6 is 0 Å². The molecule has 0 spiro atoms. The Labute approximate surface area is 323 Å². The van der Waals surface area contributed by atoms with Crippen LogP contribution in [0, 0.1) is 23.2 Å². The summed E-state index contributed by atoms with van der Waals surface area (Å²) in [6.45, 7) is 12.8. The zero-order chi connectivity index (χ0) is 40.4. The average molecular weight is 764 g/mol. The molecular formula is C40H57N7O8. The molecule has 2 aromatic rings. The Morgan fingerprint density at radius 2 is 1.64 bits per heavy atom. The Bertz CT molecular complexity index is 1650. The van der Waals surface area contributed by atoms with Gasteiger partial charge in [-0.25, -0.2) is 4.98 Å². The number of hydrogen-bond donors (Lipinski definition) is 4. The number of carbonyl (C=O) groups excluding carboxylic acids is 6. The van der Waals surface area contributed by atoms with E-state index in [1.807, 2.05) is 37.3 Å². The molecule has 55 heavy (non-hydrogen) atoms. The maximum atomic E-state index is 14.8. The number of rotatable bonds is 17. The summed E-state index contributed by atoms with van der Waals surface area (Å²) in [6.07, 6.45) is 5.74. The highest BCUT2D eigenvalue weighted by Gasteiger charge is 2.55. The summed E-state index contributed by atoms with van der Waals surface area (Å²) < 4.78 is 11.2. The number of carbonyl (C=O) groups is 6. The van der Waals surface area contributed by atoms with Gasteiger partial charge in [0.1, 0.15) is 30.6 Å². The zero-order valence-electron chi connectivity index (χ0n) is 33.2. The first-order valence-corrected chi connectivity index (χ1v) is 19.1. The molecule has 300 valence electrons. The third kappa shape index (κ3) is 10.7. The lowest BCUT2D eigenvalue weighted by atomic mass is 9.85. The van der Waals surface area contributed by atoms with Crippen molar-refractivity contribution in [1.82, 2.24) is 36.1 Å². The molecule has 1 aliphatic carbocycles. The molecule has 2 fully saturated rings. The standard InChI is InChI=1S/C40H57N7O8/c1-9-13-28(33(48)38(52)43-24(4)25-14-11-10-12-15-25)44-37(51)32-26-16-17-30(55-22-54-8)27(26)21-47(32)39(53)34(40(5,6)7)46-36(50)31(23(2)3)45-35(49)29-20-41-18-19-42-29/h10-12,14-15,18-20,23-24,26-28,30-32,34H,9,13,16-17,21-22H2,1-8H3,(H,43,52)(H,44,51)(H,45,49)(H,46,50)/t24-,26-,27-,28?,30+,31+,32-,34+/m0/s1. The third-order valence-electron chi connectivity index (χ3n) is 10.4. The molecule has 1 aliphatic heterocycles. The Hall–Kier alpha value is -4.76. The van der Waals surface area contributed by atoms with Crippen LogP contribution in [0.2, 0.25) is 0 Å². The van der Waals surface area contributed by atoms with Crippen molar-refractivity contribution < 1.29 is 38.2 Å². The highest BCUT2D eigenvalue weighted by molar-refractivity contribution is 6.38. The van der Waals surface area contributed by atoms with Gasteiger partial charge in [-0.05, 0) is 49.0 Å². The van der Waals surface area contributed by atoms with Crippen molar-refractivity contribution in [3.8, 4) is 0 Å². The SMILES string of the molecule is CCCC(NC(=O)[C@@H]1[C@H]2CC[C@@H](OCOC)[C@H]2CN1C(=O)[C@@H](NC(=O)[C@H](NC(=O)c1cnccn1)C(C)C)C(C)(C)C)C(=O)C(=O)N[C@@H](C)c1ccccc1. The second-order valence-electron chi connectivity index (χ2n) is 15.9. The van der Waals surface area contributed by atoms with Crippen LogP contribution in [0.15, 0.2) is 48.9 Å². The molecule has 1 aromatic carbocycles. The molecule has 15 heteroatoms. The van der Waals surface area contributed by atoms with Crippen LogP contribution in [-0.2, 0) is 33.4 Å². The maximum Gasteiger partial charge on any atom is 0.290 e. The van der Waals surface area contributed by atoms with E-state index in [9.17, 15) is 28.8 Å². The highest BCUT2D eigenvalue weighted by Crippen LogP contribution is 2.44. The van der Waals surface area contributed by atoms with Gasteiger partial charge in [-0.15, -0.1) is 0 Å². The number of aromatic nitrogens is 2. The molecular weight excluding hydrogens is 706 g/mol. The minimum absolute atomic E-state index is 0.0372. The largest absolute Gasteiger partial charge is 0.359 e. The van der Waals surface area contributed by atoms with Crippen LogP contribution in [0.1, 0.15) is 96.2 Å². The predicted octanol–water partition coefficient (Wildman–Crippen LogP) is 2.72. The normalized spacial score (nSPS) is 21.5. The van der Waals surface area contributed by atoms with E-state index < -0.39 is 70.9 Å². The topological polar surface area (TPSA) is 198 Å². The van der Waals surface area contributed by atoms with Gasteiger partial charge in [-0.2, -0.15) is 0 Å². The number of ketones is 1. The lowest BCUT2D eigenvalue weighted by Crippen LogP contribution is -2.62. The van der Waals surface area contributed by atoms with Crippen LogP contribution in [0.3, 0.4) is 0 Å². The minimum Gasteiger partial charge on any atom is -0.359 e. The maximum absolute atomic E-state index is 14.8. The van der Waals surface area contributed by atoms with E-state index in [1.165, 1.54) is 30.6 Å². The summed E-state index contributed by atoms with van der Waals surface area (Å²) in [6, 6.07) is 4.53. The Morgan fingerprint density at radius 1 is 0.927 bits per heavy atom. The van der Waals surface area contributed by atoms with Crippen LogP contribution in [-0.4, -0.2) is 101 Å². The summed E-state index contributed by atoms with van der Waals surface area (Å²) in [5, 5.41) is 11.2. The van der Waals surface area contributed by atoms with Gasteiger partial charge < -0.3 is 35.6 Å². The van der Waals surface area contributed by atoms with Gasteiger partial charge in [0.05, 0.1) is 24.4 Å². The molecule has 15 nitrogen and oxygen atoms in total. The van der Waals surface area contributed by atoms with Crippen molar-refractivity contribution in [1.29, 1.82) is 0 Å². The van der Waals surface area contributed by atoms with Crippen molar-refractivity contribution >= 4 is 35.3 Å². The number of Topliss-reactive ketones (excluding diaryl/α,β-unsaturated/α-hetero) is 1. The molecule has 1 unspecified atom stereocenters. The van der Waals surface area contributed by atoms with Gasteiger partial charge in [0, 0.05) is 32.0 Å². The fourth-order valence-electron chi connectivity index (χ4n) is 7.48. The Kier molecular flexibility index (Phi) is 15.0. The molecule has 1 saturated heterocycles. The predicted molar refractivity (Wildman–Crippen MR) is 203 cm³/mol. The van der Waals surface area contributed by atoms with Gasteiger partial charge in [0.2, 0.25) is 23.5 Å². The fraction of sp³-hybridized carbons (Fsp3) is 0.600. The molecule has 4 N–H and O–H groups in total. The second-order valence-corrected chi connectivity index (χ2v) is 15.9. The summed E-state index contributed by atoms with van der Waals surface area (Å²) in [5.41, 5.74) is 0.0304. The molecule has 1 aromatic heterocycles. The van der Waals surface area contributed by atoms with Crippen molar-refractivity contribution in [2.24, 2.45) is 23.2 Å². The van der Waals surface area contributed by atoms with E-state index in [2.05, 4.69) is 31.2 Å². The summed E-state index contributed by atoms with van der Waals surface area (Å²) in [4.78, 5) is 92.3. The number of hydrogen-bond acceptors (Lipinski definition) is 10. The molecule has 2 heterocycles. The number of nitrogens with zero attached hydrogens (tertiary/aromatic N) is 3. The molecule has 8 atom stereocenters. The van der Waals surface area contributed by atoms with E-state index in [1.54, 1.807) is 41.5 Å². The first kappa shape index (κ1) is 43.0. The van der Waals surface area contributed by atoms with Crippen LogP contribution < -0.4 is 21.3 Å². The molecule has 5 amide bonds. The average Bonchev–Trinajstić information content (AvgIpc) is 3.73. The van der Waals surface area contributed by atoms with Crippen LogP contribution in [0.4, 0.5) is 0 Å². The fourth-order valence-corrected chi connectivity index (χ4v) is 7.48. The van der Waals surface area contributed by atoms with Crippen LogP contribution in [0.25, 0.3) is 0 Å². The van der Waals surface area contributed by atoms with Crippen molar-refractivity contribution in [3.05, 3.63) is 60.2 Å². The number of methoxy groups -OCH3 is 1. The Morgan fingerprint density at radius 3 is 2.24 bits per heavy atom. The second kappa shape index (κ2) is 19.2. The molecule has 2 aliphatic rings. The van der Waals surface area contributed by atoms with E-state index in [-0.39, 0.29) is 49.3 Å². The number of benzene rings is 1. The molecule has 4 rings (SSSR count). The van der Waals surface area contributed by atoms with E-state index in [4.69, 9.17) is 9.47 Å². The van der Waals surface area contributed by atoms with Gasteiger partial charge in [0.25, 0.3) is 11.8 Å². The highest BCUT2D eigenvalue weighted by atomic mass is 16.7. The molecule has 1 saturated carbocycles. The monoisotopic (exact) mass is 763 g/mol. The van der Waals surface area contributed by atoms with E-state index in [0.29, 0.717) is 19.3 Å². The first-order valence-electron chi connectivity index (χ1n) is 19.1. The quantitative estimate of drug-likeness (QED) is 0.137. The van der Waals surface area contributed by atoms with Crippen molar-refractivity contribution in [2.45, 2.75) is 110 Å². The molecule has 0 radical (unpaired) electrons. The van der Waals surface area contributed by atoms with Gasteiger partial charge in [-0.3, -0.25) is 33.8 Å². The Balaban J connectivity index is 1.59. The number of likely N-dealkylation sites (tertiary alicyclic amines) is 1. The number of amides is 5. The van der Waals surface area contributed by atoms with Crippen molar-refractivity contribution in [3.63, 3.8) is 0 Å². The first-order chi connectivity index (χ1) is 26.1. The number of ether oxygens (including phenoxy) is 2. The lowest BCUT2D eigenvalue weighted by Gasteiger charge is -2.37. The zero-order valence-corrected chi connectivity index (χ0v) is 33.2. The van der Waals surface area contributed by atoms with E-state index in [0.717, 1.165) is 5.56 Å². The van der Waals surface area contributed by atoms with Crippen LogP contribution in [0.5, 0.6) is 0 Å². The smallest absolute Gasteiger partial charge is 0.290 e. The molecule has 0 bridgehead atoms. The number of nitrogens with one attached hydrogen (secondary N) is 4. The summed E-state index contributed by atoms with van der Waals surface area (Å²) in [5.74, 6) is -4.71. The third-order valence-corrected chi connectivity index (χ3v) is 10.4.